The minimum atomic E-state index is -4.88. The first-order valence-corrected chi connectivity index (χ1v) is 10.7. The van der Waals surface area contributed by atoms with E-state index in [0.29, 0.717) is 17.2 Å². The molecule has 3 aromatic carbocycles. The second-order valence-corrected chi connectivity index (χ2v) is 8.60. The summed E-state index contributed by atoms with van der Waals surface area (Å²) < 4.78 is 53.1. The lowest BCUT2D eigenvalue weighted by molar-refractivity contribution is -0.141. The summed E-state index contributed by atoms with van der Waals surface area (Å²) in [5, 5.41) is 10.5. The predicted molar refractivity (Wildman–Crippen MR) is 117 cm³/mol. The molecular weight excluding hydrogens is 497 g/mol. The van der Waals surface area contributed by atoms with Crippen LogP contribution in [0.3, 0.4) is 0 Å². The van der Waals surface area contributed by atoms with Gasteiger partial charge in [0.25, 0.3) is 5.91 Å². The quantitative estimate of drug-likeness (QED) is 0.395. The molecule has 0 aliphatic carbocycles. The van der Waals surface area contributed by atoms with Gasteiger partial charge in [0.05, 0.1) is 11.6 Å². The van der Waals surface area contributed by atoms with Gasteiger partial charge in [0, 0.05) is 22.2 Å². The highest BCUT2D eigenvalue weighted by atomic mass is 35.5. The van der Waals surface area contributed by atoms with Crippen LogP contribution in [0.4, 0.5) is 17.6 Å². The number of carbonyl (C=O) groups excluding carboxylic acids is 1. The molecule has 1 aliphatic rings. The molecule has 0 fully saturated rings. The summed E-state index contributed by atoms with van der Waals surface area (Å²) >= 11 is 12.4. The highest BCUT2D eigenvalue weighted by molar-refractivity contribution is 6.35. The molecule has 0 saturated carbocycles. The van der Waals surface area contributed by atoms with E-state index in [-0.39, 0.29) is 33.8 Å². The number of hydrogen-bond donors (Lipinski definition) is 1. The summed E-state index contributed by atoms with van der Waals surface area (Å²) in [5.41, 5.74) is -0.701. The Balaban J connectivity index is 1.87. The highest BCUT2D eigenvalue weighted by Crippen LogP contribution is 2.46. The van der Waals surface area contributed by atoms with E-state index < -0.39 is 41.4 Å². The Kier molecular flexibility index (Phi) is 6.31. The summed E-state index contributed by atoms with van der Waals surface area (Å²) in [7, 11) is 0. The number of hydrogen-bond acceptors (Lipinski definition) is 2. The topological polar surface area (TPSA) is 57.6 Å². The summed E-state index contributed by atoms with van der Waals surface area (Å²) in [6.45, 7) is -0.352. The molecule has 1 heterocycles. The van der Waals surface area contributed by atoms with Crippen LogP contribution >= 0.6 is 23.2 Å². The van der Waals surface area contributed by atoms with Crippen molar-refractivity contribution in [1.82, 2.24) is 4.90 Å². The molecule has 0 bridgehead atoms. The average molecular weight is 512 g/mol. The Morgan fingerprint density at radius 1 is 1.00 bits per heavy atom. The van der Waals surface area contributed by atoms with Crippen LogP contribution in [0.1, 0.15) is 44.6 Å². The predicted octanol–water partition coefficient (Wildman–Crippen LogP) is 6.72. The molecule has 10 heteroatoms. The van der Waals surface area contributed by atoms with E-state index in [1.165, 1.54) is 35.2 Å². The van der Waals surface area contributed by atoms with Gasteiger partial charge in [-0.15, -0.1) is 0 Å². The van der Waals surface area contributed by atoms with Crippen LogP contribution in [0.15, 0.2) is 60.7 Å². The number of benzene rings is 3. The van der Waals surface area contributed by atoms with Gasteiger partial charge < -0.3 is 10.0 Å². The molecule has 0 saturated heterocycles. The van der Waals surface area contributed by atoms with Gasteiger partial charge >= 0.3 is 12.1 Å². The zero-order valence-corrected chi connectivity index (χ0v) is 18.6. The summed E-state index contributed by atoms with van der Waals surface area (Å²) in [6, 6.07) is 11.7. The lowest BCUT2D eigenvalue weighted by Crippen LogP contribution is -2.44. The van der Waals surface area contributed by atoms with E-state index >= 15 is 0 Å². The van der Waals surface area contributed by atoms with Crippen molar-refractivity contribution >= 4 is 35.1 Å². The van der Waals surface area contributed by atoms with Crippen molar-refractivity contribution in [2.24, 2.45) is 0 Å². The first-order chi connectivity index (χ1) is 16.0. The fraction of sp³-hybridized carbons (Fsp3) is 0.167. The average Bonchev–Trinajstić information content (AvgIpc) is 2.75. The van der Waals surface area contributed by atoms with Crippen LogP contribution in [0.2, 0.25) is 10.0 Å². The lowest BCUT2D eigenvalue weighted by atomic mass is 9.79. The Bertz CT molecular complexity index is 1300. The third-order valence-corrected chi connectivity index (χ3v) is 6.24. The fourth-order valence-corrected chi connectivity index (χ4v) is 4.72. The van der Waals surface area contributed by atoms with Crippen molar-refractivity contribution in [2.75, 3.05) is 0 Å². The number of amides is 1. The minimum Gasteiger partial charge on any atom is -0.481 e. The molecule has 1 amide bonds. The molecule has 0 radical (unpaired) electrons. The van der Waals surface area contributed by atoms with Crippen LogP contribution in [0, 0.1) is 5.82 Å². The van der Waals surface area contributed by atoms with Gasteiger partial charge in [-0.1, -0.05) is 53.5 Å². The Morgan fingerprint density at radius 2 is 1.71 bits per heavy atom. The van der Waals surface area contributed by atoms with Gasteiger partial charge in [-0.2, -0.15) is 13.2 Å². The van der Waals surface area contributed by atoms with Crippen LogP contribution in [0.5, 0.6) is 0 Å². The zero-order valence-electron chi connectivity index (χ0n) is 17.1. The molecule has 4 rings (SSSR count). The number of alkyl halides is 3. The van der Waals surface area contributed by atoms with Gasteiger partial charge in [0.2, 0.25) is 0 Å². The third-order valence-electron chi connectivity index (χ3n) is 5.68. The number of aliphatic carboxylic acids is 1. The largest absolute Gasteiger partial charge is 0.481 e. The van der Waals surface area contributed by atoms with Crippen LogP contribution in [-0.4, -0.2) is 21.9 Å². The second-order valence-electron chi connectivity index (χ2n) is 7.76. The summed E-state index contributed by atoms with van der Waals surface area (Å²) in [5.74, 6) is -4.54. The molecule has 4 nitrogen and oxygen atoms in total. The molecule has 1 N–H and O–H groups in total. The Morgan fingerprint density at radius 3 is 2.32 bits per heavy atom. The second kappa shape index (κ2) is 8.92. The number of carboxylic acids is 1. The lowest BCUT2D eigenvalue weighted by Gasteiger charge is -2.41. The number of nitrogens with zero attached hydrogens (tertiary/aromatic N) is 1. The van der Waals surface area contributed by atoms with E-state index in [2.05, 4.69) is 0 Å². The first kappa shape index (κ1) is 24.0. The SMILES string of the molecule is O=C(O)C1c2ccccc2C(=O)N(Cc2ccc(C(F)(F)F)c(F)c2)C1c1ccc(Cl)cc1Cl. The standard InChI is InChI=1S/C24H15Cl2F4NO3/c25-13-6-7-16(18(26)10-13)21-20(23(33)34)14-3-1-2-4-15(14)22(32)31(21)11-12-5-8-17(19(27)9-12)24(28,29)30/h1-10,20-21H,11H2,(H,33,34). The van der Waals surface area contributed by atoms with E-state index in [0.717, 1.165) is 6.07 Å². The van der Waals surface area contributed by atoms with Crippen molar-refractivity contribution in [3.8, 4) is 0 Å². The molecule has 0 aromatic heterocycles. The van der Waals surface area contributed by atoms with Gasteiger partial charge in [0.15, 0.2) is 0 Å². The van der Waals surface area contributed by atoms with Crippen LogP contribution in [-0.2, 0) is 17.5 Å². The number of carboxylic acid groups (broad SMARTS) is 1. The zero-order chi connectivity index (χ0) is 24.8. The van der Waals surface area contributed by atoms with Crippen molar-refractivity contribution < 1.29 is 32.3 Å². The molecule has 34 heavy (non-hydrogen) atoms. The maximum Gasteiger partial charge on any atom is 0.419 e. The minimum absolute atomic E-state index is 0.0532. The van der Waals surface area contributed by atoms with Crippen molar-refractivity contribution in [3.63, 3.8) is 0 Å². The first-order valence-electron chi connectivity index (χ1n) is 9.92. The van der Waals surface area contributed by atoms with Gasteiger partial charge in [0.1, 0.15) is 11.7 Å². The third kappa shape index (κ3) is 4.35. The van der Waals surface area contributed by atoms with Crippen LogP contribution < -0.4 is 0 Å². The monoisotopic (exact) mass is 511 g/mol. The van der Waals surface area contributed by atoms with Crippen molar-refractivity contribution in [3.05, 3.63) is 104 Å². The molecular formula is C24H15Cl2F4NO3. The van der Waals surface area contributed by atoms with E-state index in [4.69, 9.17) is 23.2 Å². The highest BCUT2D eigenvalue weighted by Gasteiger charge is 2.45. The number of rotatable bonds is 4. The van der Waals surface area contributed by atoms with E-state index in [1.807, 2.05) is 0 Å². The molecule has 0 spiro atoms. The molecule has 1 aliphatic heterocycles. The van der Waals surface area contributed by atoms with Crippen molar-refractivity contribution in [1.29, 1.82) is 0 Å². The normalized spacial score (nSPS) is 18.1. The van der Waals surface area contributed by atoms with Gasteiger partial charge in [-0.25, -0.2) is 4.39 Å². The Labute approximate surface area is 201 Å². The number of halogens is 6. The molecule has 2 atom stereocenters. The maximum absolute atomic E-state index is 14.2. The Hall–Kier alpha value is -3.10. The van der Waals surface area contributed by atoms with Gasteiger partial charge in [-0.3, -0.25) is 9.59 Å². The summed E-state index contributed by atoms with van der Waals surface area (Å²) in [6.07, 6.45) is -4.88. The number of carbonyl (C=O) groups is 2. The molecule has 3 aromatic rings. The maximum atomic E-state index is 14.2. The van der Waals surface area contributed by atoms with E-state index in [9.17, 15) is 32.3 Å². The number of fused-ring (bicyclic) bond motifs is 1. The molecule has 2 unspecified atom stereocenters. The van der Waals surface area contributed by atoms with Gasteiger partial charge in [-0.05, 0) is 47.0 Å². The smallest absolute Gasteiger partial charge is 0.419 e. The fourth-order valence-electron chi connectivity index (χ4n) is 4.20. The molecule has 176 valence electrons. The van der Waals surface area contributed by atoms with Crippen LogP contribution in [0.25, 0.3) is 0 Å². The summed E-state index contributed by atoms with van der Waals surface area (Å²) in [4.78, 5) is 27.0. The van der Waals surface area contributed by atoms with E-state index in [1.54, 1.807) is 12.1 Å². The van der Waals surface area contributed by atoms with Crippen molar-refractivity contribution in [2.45, 2.75) is 24.7 Å².